The molecule has 3 fully saturated rings. The van der Waals surface area contributed by atoms with Crippen molar-refractivity contribution in [2.75, 3.05) is 31.1 Å². The van der Waals surface area contributed by atoms with Crippen molar-refractivity contribution in [1.29, 1.82) is 0 Å². The van der Waals surface area contributed by atoms with Gasteiger partial charge in [0.2, 0.25) is 5.91 Å². The third-order valence-corrected chi connectivity index (χ3v) is 5.93. The molecule has 4 rings (SSSR count). The second kappa shape index (κ2) is 5.82. The van der Waals surface area contributed by atoms with E-state index in [0.29, 0.717) is 11.3 Å². The summed E-state index contributed by atoms with van der Waals surface area (Å²) in [6.45, 7) is 4.10. The minimum Gasteiger partial charge on any atom is -0.367 e. The molecule has 0 aromatic carbocycles. The van der Waals surface area contributed by atoms with Crippen LogP contribution < -0.4 is 15.5 Å². The van der Waals surface area contributed by atoms with Crippen LogP contribution in [0, 0.1) is 11.3 Å². The Morgan fingerprint density at radius 1 is 1.43 bits per heavy atom. The first-order valence-corrected chi connectivity index (χ1v) is 8.91. The predicted octanol–water partition coefficient (Wildman–Crippen LogP) is 0.895. The van der Waals surface area contributed by atoms with Crippen molar-refractivity contribution in [3.8, 4) is 0 Å². The zero-order valence-corrected chi connectivity index (χ0v) is 13.9. The van der Waals surface area contributed by atoms with Gasteiger partial charge in [0, 0.05) is 38.3 Å². The highest BCUT2D eigenvalue weighted by Crippen LogP contribution is 2.58. The SMILES string of the molecule is Cn1cc(N2CCCC(NC(=O)C3CC34CCNCC4)C2)cn1. The molecule has 2 saturated heterocycles. The number of aryl methyl sites for hydroxylation is 1. The summed E-state index contributed by atoms with van der Waals surface area (Å²) in [6, 6.07) is 0.274. The monoisotopic (exact) mass is 317 g/mol. The number of nitrogens with zero attached hydrogens (tertiary/aromatic N) is 3. The largest absolute Gasteiger partial charge is 0.367 e. The van der Waals surface area contributed by atoms with Gasteiger partial charge in [-0.3, -0.25) is 9.48 Å². The highest BCUT2D eigenvalue weighted by atomic mass is 16.2. The maximum atomic E-state index is 12.6. The van der Waals surface area contributed by atoms with Crippen molar-refractivity contribution in [2.24, 2.45) is 18.4 Å². The molecule has 126 valence electrons. The van der Waals surface area contributed by atoms with Crippen molar-refractivity contribution in [3.63, 3.8) is 0 Å². The molecule has 1 aromatic rings. The van der Waals surface area contributed by atoms with Crippen LogP contribution in [0.25, 0.3) is 0 Å². The minimum absolute atomic E-state index is 0.262. The lowest BCUT2D eigenvalue weighted by atomic mass is 9.91. The molecule has 0 radical (unpaired) electrons. The quantitative estimate of drug-likeness (QED) is 0.869. The van der Waals surface area contributed by atoms with E-state index in [1.165, 1.54) is 0 Å². The van der Waals surface area contributed by atoms with Crippen LogP contribution in [0.3, 0.4) is 0 Å². The Labute approximate surface area is 137 Å². The van der Waals surface area contributed by atoms with E-state index >= 15 is 0 Å². The van der Waals surface area contributed by atoms with Gasteiger partial charge in [-0.2, -0.15) is 5.10 Å². The van der Waals surface area contributed by atoms with Crippen LogP contribution in [0.4, 0.5) is 5.69 Å². The number of amides is 1. The van der Waals surface area contributed by atoms with Crippen LogP contribution in [-0.4, -0.2) is 47.9 Å². The number of anilines is 1. The molecule has 3 heterocycles. The second-order valence-corrected chi connectivity index (χ2v) is 7.54. The second-order valence-electron chi connectivity index (χ2n) is 7.54. The minimum atomic E-state index is 0.262. The molecule has 6 heteroatoms. The summed E-state index contributed by atoms with van der Waals surface area (Å²) in [4.78, 5) is 15.0. The first-order valence-electron chi connectivity index (χ1n) is 8.91. The molecular weight excluding hydrogens is 290 g/mol. The molecular formula is C17H27N5O. The number of nitrogens with one attached hydrogen (secondary N) is 2. The fourth-order valence-corrected chi connectivity index (χ4v) is 4.40. The van der Waals surface area contributed by atoms with Crippen LogP contribution in [0.2, 0.25) is 0 Å². The summed E-state index contributed by atoms with van der Waals surface area (Å²) in [7, 11) is 1.94. The first-order chi connectivity index (χ1) is 11.2. The van der Waals surface area contributed by atoms with Crippen molar-refractivity contribution in [3.05, 3.63) is 12.4 Å². The Morgan fingerprint density at radius 3 is 3.00 bits per heavy atom. The number of carbonyl (C=O) groups is 1. The van der Waals surface area contributed by atoms with Gasteiger partial charge in [-0.05, 0) is 50.6 Å². The maximum Gasteiger partial charge on any atom is 0.223 e. The van der Waals surface area contributed by atoms with E-state index in [2.05, 4.69) is 26.8 Å². The number of aromatic nitrogens is 2. The van der Waals surface area contributed by atoms with Gasteiger partial charge < -0.3 is 15.5 Å². The zero-order chi connectivity index (χ0) is 15.9. The molecule has 6 nitrogen and oxygen atoms in total. The van der Waals surface area contributed by atoms with E-state index in [1.807, 2.05) is 17.9 Å². The highest BCUT2D eigenvalue weighted by molar-refractivity contribution is 5.83. The van der Waals surface area contributed by atoms with Gasteiger partial charge in [0.1, 0.15) is 0 Å². The van der Waals surface area contributed by atoms with Crippen molar-refractivity contribution in [2.45, 2.75) is 38.1 Å². The van der Waals surface area contributed by atoms with Gasteiger partial charge in [-0.15, -0.1) is 0 Å². The Balaban J connectivity index is 1.33. The molecule has 1 aromatic heterocycles. The molecule has 1 aliphatic carbocycles. The summed E-state index contributed by atoms with van der Waals surface area (Å²) in [6.07, 6.45) is 9.60. The van der Waals surface area contributed by atoms with Gasteiger partial charge in [0.05, 0.1) is 11.9 Å². The van der Waals surface area contributed by atoms with Crippen LogP contribution >= 0.6 is 0 Å². The molecule has 2 atom stereocenters. The number of piperidine rings is 2. The number of carbonyl (C=O) groups excluding carboxylic acids is 1. The van der Waals surface area contributed by atoms with Gasteiger partial charge in [-0.1, -0.05) is 0 Å². The van der Waals surface area contributed by atoms with Gasteiger partial charge >= 0.3 is 0 Å². The van der Waals surface area contributed by atoms with E-state index < -0.39 is 0 Å². The molecule has 1 spiro atoms. The molecule has 1 amide bonds. The third kappa shape index (κ3) is 2.96. The lowest BCUT2D eigenvalue weighted by Crippen LogP contribution is -2.48. The average molecular weight is 317 g/mol. The van der Waals surface area contributed by atoms with E-state index in [1.54, 1.807) is 0 Å². The first kappa shape index (κ1) is 15.0. The lowest BCUT2D eigenvalue weighted by molar-refractivity contribution is -0.124. The van der Waals surface area contributed by atoms with E-state index in [0.717, 1.165) is 64.0 Å². The molecule has 2 aliphatic heterocycles. The number of hydrogen-bond acceptors (Lipinski definition) is 4. The topological polar surface area (TPSA) is 62.2 Å². The summed E-state index contributed by atoms with van der Waals surface area (Å²) < 4.78 is 1.84. The van der Waals surface area contributed by atoms with Crippen molar-refractivity contribution < 1.29 is 4.79 Å². The standard InChI is InChI=1S/C17H27N5O/c1-21-12-14(10-19-21)22-8-2-3-13(11-22)20-16(23)15-9-17(15)4-6-18-7-5-17/h10,12-13,15,18H,2-9,11H2,1H3,(H,20,23). The average Bonchev–Trinajstić information content (AvgIpc) is 3.06. The summed E-state index contributed by atoms with van der Waals surface area (Å²) >= 11 is 0. The van der Waals surface area contributed by atoms with Gasteiger partial charge in [0.25, 0.3) is 0 Å². The van der Waals surface area contributed by atoms with Gasteiger partial charge in [-0.25, -0.2) is 0 Å². The lowest BCUT2D eigenvalue weighted by Gasteiger charge is -2.34. The fraction of sp³-hybridized carbons (Fsp3) is 0.765. The highest BCUT2D eigenvalue weighted by Gasteiger charge is 2.57. The Morgan fingerprint density at radius 2 is 2.26 bits per heavy atom. The van der Waals surface area contributed by atoms with Crippen LogP contribution in [0.1, 0.15) is 32.1 Å². The Kier molecular flexibility index (Phi) is 3.79. The third-order valence-electron chi connectivity index (χ3n) is 5.93. The normalized spacial score (nSPS) is 29.5. The molecule has 2 unspecified atom stereocenters. The van der Waals surface area contributed by atoms with E-state index in [-0.39, 0.29) is 12.0 Å². The molecule has 3 aliphatic rings. The molecule has 1 saturated carbocycles. The molecule has 2 N–H and O–H groups in total. The summed E-state index contributed by atoms with van der Waals surface area (Å²) in [5.74, 6) is 0.559. The van der Waals surface area contributed by atoms with Crippen molar-refractivity contribution >= 4 is 11.6 Å². The Bertz CT molecular complexity index is 577. The molecule has 0 bridgehead atoms. The van der Waals surface area contributed by atoms with Gasteiger partial charge in [0.15, 0.2) is 0 Å². The zero-order valence-electron chi connectivity index (χ0n) is 13.9. The molecule has 23 heavy (non-hydrogen) atoms. The smallest absolute Gasteiger partial charge is 0.223 e. The van der Waals surface area contributed by atoms with Crippen LogP contribution in [0.15, 0.2) is 12.4 Å². The van der Waals surface area contributed by atoms with Crippen LogP contribution in [0.5, 0.6) is 0 Å². The van der Waals surface area contributed by atoms with Crippen LogP contribution in [-0.2, 0) is 11.8 Å². The van der Waals surface area contributed by atoms with Crippen molar-refractivity contribution in [1.82, 2.24) is 20.4 Å². The number of hydrogen-bond donors (Lipinski definition) is 2. The summed E-state index contributed by atoms with van der Waals surface area (Å²) in [5, 5.41) is 11.0. The fourth-order valence-electron chi connectivity index (χ4n) is 4.40. The van der Waals surface area contributed by atoms with E-state index in [4.69, 9.17) is 0 Å². The number of rotatable bonds is 3. The van der Waals surface area contributed by atoms with E-state index in [9.17, 15) is 4.79 Å². The summed E-state index contributed by atoms with van der Waals surface area (Å²) in [5.41, 5.74) is 1.49. The predicted molar refractivity (Wildman–Crippen MR) is 89.2 cm³/mol. The maximum absolute atomic E-state index is 12.6. The Hall–Kier alpha value is -1.56.